The van der Waals surface area contributed by atoms with Gasteiger partial charge in [-0.05, 0) is 29.3 Å². The first-order valence-electron chi connectivity index (χ1n) is 8.04. The van der Waals surface area contributed by atoms with Gasteiger partial charge in [-0.1, -0.05) is 18.2 Å². The van der Waals surface area contributed by atoms with E-state index in [0.717, 1.165) is 22.9 Å². The van der Waals surface area contributed by atoms with Gasteiger partial charge in [-0.15, -0.1) is 0 Å². The van der Waals surface area contributed by atoms with Crippen molar-refractivity contribution in [3.8, 4) is 11.1 Å². The van der Waals surface area contributed by atoms with Gasteiger partial charge in [0.15, 0.2) is 9.84 Å². The minimum Gasteiger partial charge on any atom is -0.381 e. The molecule has 27 heavy (non-hydrogen) atoms. The van der Waals surface area contributed by atoms with Crippen molar-refractivity contribution >= 4 is 21.2 Å². The lowest BCUT2D eigenvalue weighted by atomic mass is 10.1. The summed E-state index contributed by atoms with van der Waals surface area (Å²) in [4.78, 5) is 10.0. The van der Waals surface area contributed by atoms with Crippen molar-refractivity contribution in [2.24, 2.45) is 7.05 Å². The van der Waals surface area contributed by atoms with Crippen molar-refractivity contribution in [1.82, 2.24) is 9.78 Å². The van der Waals surface area contributed by atoms with E-state index < -0.39 is 20.4 Å². The lowest BCUT2D eigenvalue weighted by molar-refractivity contribution is -0.387. The number of nitrogens with one attached hydrogen (secondary N) is 1. The number of sulfone groups is 1. The highest BCUT2D eigenvalue weighted by Gasteiger charge is 2.22. The standard InChI is InChI=1S/C18H18N4O4S/c1-21-12-15(11-20-21)14-5-3-4-13(8-14)10-19-16-6-7-17(22(23)24)18(9-16)27(2,25)26/h3-9,11-12,19H,10H2,1-2H3. The Morgan fingerprint density at radius 1 is 1.19 bits per heavy atom. The lowest BCUT2D eigenvalue weighted by Gasteiger charge is -2.09. The molecule has 1 heterocycles. The average molecular weight is 386 g/mol. The van der Waals surface area contributed by atoms with Crippen LogP contribution in [0.2, 0.25) is 0 Å². The molecular formula is C18H18N4O4S. The quantitative estimate of drug-likeness (QED) is 0.515. The van der Waals surface area contributed by atoms with E-state index >= 15 is 0 Å². The molecule has 3 aromatic rings. The molecule has 0 saturated heterocycles. The maximum atomic E-state index is 11.8. The molecule has 3 rings (SSSR count). The van der Waals surface area contributed by atoms with Crippen LogP contribution in [0.1, 0.15) is 5.56 Å². The Balaban J connectivity index is 1.82. The molecule has 0 bridgehead atoms. The van der Waals surface area contributed by atoms with Gasteiger partial charge in [0, 0.05) is 43.4 Å². The Morgan fingerprint density at radius 2 is 1.96 bits per heavy atom. The molecule has 0 saturated carbocycles. The minimum absolute atomic E-state index is 0.304. The molecule has 0 amide bonds. The van der Waals surface area contributed by atoms with Gasteiger partial charge in [0.05, 0.1) is 11.1 Å². The van der Waals surface area contributed by atoms with Gasteiger partial charge in [0.1, 0.15) is 4.90 Å². The van der Waals surface area contributed by atoms with Crippen molar-refractivity contribution in [2.45, 2.75) is 11.4 Å². The highest BCUT2D eigenvalue weighted by atomic mass is 32.2. The minimum atomic E-state index is -3.72. The average Bonchev–Trinajstić information content (AvgIpc) is 3.05. The summed E-state index contributed by atoms with van der Waals surface area (Å²) < 4.78 is 25.4. The summed E-state index contributed by atoms with van der Waals surface area (Å²) in [6, 6.07) is 11.8. The van der Waals surface area contributed by atoms with Crippen molar-refractivity contribution in [2.75, 3.05) is 11.6 Å². The zero-order valence-corrected chi connectivity index (χ0v) is 15.6. The maximum Gasteiger partial charge on any atom is 0.288 e. The van der Waals surface area contributed by atoms with E-state index in [1.165, 1.54) is 18.2 Å². The van der Waals surface area contributed by atoms with E-state index in [4.69, 9.17) is 0 Å². The first-order chi connectivity index (χ1) is 12.7. The van der Waals surface area contributed by atoms with Crippen molar-refractivity contribution in [3.63, 3.8) is 0 Å². The Bertz CT molecular complexity index is 1110. The maximum absolute atomic E-state index is 11.8. The number of anilines is 1. The number of hydrogen-bond acceptors (Lipinski definition) is 6. The predicted octanol–water partition coefficient (Wildman–Crippen LogP) is 3.01. The van der Waals surface area contributed by atoms with Gasteiger partial charge >= 0.3 is 0 Å². The number of aryl methyl sites for hydroxylation is 1. The number of hydrogen-bond donors (Lipinski definition) is 1. The molecule has 0 spiro atoms. The van der Waals surface area contributed by atoms with E-state index in [2.05, 4.69) is 10.4 Å². The van der Waals surface area contributed by atoms with E-state index in [1.807, 2.05) is 37.5 Å². The predicted molar refractivity (Wildman–Crippen MR) is 102 cm³/mol. The monoisotopic (exact) mass is 386 g/mol. The SMILES string of the molecule is Cn1cc(-c2cccc(CNc3ccc([N+](=O)[O-])c(S(C)(=O)=O)c3)c2)cn1. The third-order valence-electron chi connectivity index (χ3n) is 4.02. The van der Waals surface area contributed by atoms with Crippen molar-refractivity contribution in [3.05, 3.63) is 70.5 Å². The molecule has 0 aliphatic heterocycles. The fraction of sp³-hybridized carbons (Fsp3) is 0.167. The van der Waals surface area contributed by atoms with Gasteiger partial charge < -0.3 is 5.32 Å². The van der Waals surface area contributed by atoms with Gasteiger partial charge in [-0.2, -0.15) is 5.10 Å². The smallest absolute Gasteiger partial charge is 0.288 e. The lowest BCUT2D eigenvalue weighted by Crippen LogP contribution is -2.05. The second-order valence-corrected chi connectivity index (χ2v) is 8.15. The van der Waals surface area contributed by atoms with Crippen LogP contribution in [0.5, 0.6) is 0 Å². The summed E-state index contributed by atoms with van der Waals surface area (Å²) in [5.41, 5.74) is 3.06. The fourth-order valence-electron chi connectivity index (χ4n) is 2.71. The Morgan fingerprint density at radius 3 is 2.59 bits per heavy atom. The van der Waals surface area contributed by atoms with Crippen LogP contribution in [-0.2, 0) is 23.4 Å². The number of benzene rings is 2. The normalized spacial score (nSPS) is 11.3. The van der Waals surface area contributed by atoms with Crippen LogP contribution in [0, 0.1) is 10.1 Å². The van der Waals surface area contributed by atoms with Gasteiger partial charge in [0.25, 0.3) is 5.69 Å². The highest BCUT2D eigenvalue weighted by Crippen LogP contribution is 2.27. The topological polar surface area (TPSA) is 107 Å². The molecule has 2 aromatic carbocycles. The second-order valence-electron chi connectivity index (χ2n) is 6.17. The molecule has 0 fully saturated rings. The van der Waals surface area contributed by atoms with E-state index in [9.17, 15) is 18.5 Å². The summed E-state index contributed by atoms with van der Waals surface area (Å²) in [5, 5.41) is 18.3. The summed E-state index contributed by atoms with van der Waals surface area (Å²) in [7, 11) is -1.87. The van der Waals surface area contributed by atoms with Crippen molar-refractivity contribution < 1.29 is 13.3 Å². The van der Waals surface area contributed by atoms with Crippen LogP contribution in [0.3, 0.4) is 0 Å². The third-order valence-corrected chi connectivity index (χ3v) is 5.14. The van der Waals surface area contributed by atoms with E-state index in [1.54, 1.807) is 10.9 Å². The Kier molecular flexibility index (Phi) is 4.95. The van der Waals surface area contributed by atoms with Gasteiger partial charge in [-0.3, -0.25) is 14.8 Å². The summed E-state index contributed by atoms with van der Waals surface area (Å²) >= 11 is 0. The van der Waals surface area contributed by atoms with Crippen LogP contribution in [-0.4, -0.2) is 29.4 Å². The van der Waals surface area contributed by atoms with Gasteiger partial charge in [0.2, 0.25) is 0 Å². The molecule has 1 N–H and O–H groups in total. The number of rotatable bonds is 6. The number of nitrogens with zero attached hydrogens (tertiary/aromatic N) is 3. The van der Waals surface area contributed by atoms with E-state index in [-0.39, 0.29) is 4.90 Å². The van der Waals surface area contributed by atoms with Crippen LogP contribution in [0.4, 0.5) is 11.4 Å². The second kappa shape index (κ2) is 7.20. The molecule has 8 nitrogen and oxygen atoms in total. The molecule has 0 unspecified atom stereocenters. The molecule has 0 aliphatic carbocycles. The third kappa shape index (κ3) is 4.32. The van der Waals surface area contributed by atoms with Crippen LogP contribution in [0.15, 0.2) is 59.8 Å². The number of nitro benzene ring substituents is 1. The van der Waals surface area contributed by atoms with Gasteiger partial charge in [-0.25, -0.2) is 8.42 Å². The van der Waals surface area contributed by atoms with Crippen LogP contribution < -0.4 is 5.32 Å². The molecule has 1 aromatic heterocycles. The van der Waals surface area contributed by atoms with Crippen molar-refractivity contribution in [1.29, 1.82) is 0 Å². The Hall–Kier alpha value is -3.20. The zero-order chi connectivity index (χ0) is 19.6. The highest BCUT2D eigenvalue weighted by molar-refractivity contribution is 7.90. The molecule has 0 aliphatic rings. The molecule has 0 atom stereocenters. The van der Waals surface area contributed by atoms with E-state index in [0.29, 0.717) is 12.2 Å². The molecule has 0 radical (unpaired) electrons. The first-order valence-corrected chi connectivity index (χ1v) is 9.93. The zero-order valence-electron chi connectivity index (χ0n) is 14.8. The summed E-state index contributed by atoms with van der Waals surface area (Å²) in [6.07, 6.45) is 4.65. The molecule has 140 valence electrons. The largest absolute Gasteiger partial charge is 0.381 e. The molecular weight excluding hydrogens is 368 g/mol. The fourth-order valence-corrected chi connectivity index (χ4v) is 3.57. The van der Waals surface area contributed by atoms with Crippen LogP contribution in [0.25, 0.3) is 11.1 Å². The first kappa shape index (κ1) is 18.6. The number of nitro groups is 1. The number of aromatic nitrogens is 2. The Labute approximate surface area is 156 Å². The summed E-state index contributed by atoms with van der Waals surface area (Å²) in [6.45, 7) is 0.440. The summed E-state index contributed by atoms with van der Waals surface area (Å²) in [5.74, 6) is 0. The molecule has 9 heteroatoms. The van der Waals surface area contributed by atoms with Crippen LogP contribution >= 0.6 is 0 Å².